The zero-order valence-corrected chi connectivity index (χ0v) is 10.9. The lowest BCUT2D eigenvalue weighted by molar-refractivity contribution is -0.00136. The van der Waals surface area contributed by atoms with Crippen molar-refractivity contribution in [3.63, 3.8) is 0 Å². The largest absolute Gasteiger partial charge is 0.375 e. The first-order chi connectivity index (χ1) is 8.84. The molecule has 1 aromatic rings. The summed E-state index contributed by atoms with van der Waals surface area (Å²) < 4.78 is 11.0. The predicted octanol–water partition coefficient (Wildman–Crippen LogP) is 2.17. The second-order valence-corrected chi connectivity index (χ2v) is 5.33. The third kappa shape index (κ3) is 2.42. The van der Waals surface area contributed by atoms with Crippen LogP contribution in [0.25, 0.3) is 0 Å². The van der Waals surface area contributed by atoms with Crippen LogP contribution in [0.1, 0.15) is 62.7 Å². The Morgan fingerprint density at radius 2 is 2.06 bits per heavy atom. The van der Waals surface area contributed by atoms with Gasteiger partial charge in [0.2, 0.25) is 5.89 Å². The second-order valence-electron chi connectivity index (χ2n) is 5.33. The zero-order chi connectivity index (χ0) is 12.4. The molecule has 0 amide bonds. The topological polar surface area (TPSA) is 60.2 Å². The van der Waals surface area contributed by atoms with Crippen molar-refractivity contribution in [1.82, 2.24) is 15.5 Å². The van der Waals surface area contributed by atoms with Crippen molar-refractivity contribution in [3.05, 3.63) is 11.7 Å². The van der Waals surface area contributed by atoms with Crippen LogP contribution in [0.5, 0.6) is 0 Å². The molecule has 2 aliphatic rings. The Balaban J connectivity index is 1.71. The van der Waals surface area contributed by atoms with Crippen molar-refractivity contribution in [3.8, 4) is 0 Å². The maximum absolute atomic E-state index is 5.61. The summed E-state index contributed by atoms with van der Waals surface area (Å²) in [6.07, 6.45) is 6.41. The number of aromatic nitrogens is 2. The Morgan fingerprint density at radius 3 is 2.83 bits per heavy atom. The third-order valence-corrected chi connectivity index (χ3v) is 4.01. The van der Waals surface area contributed by atoms with Crippen LogP contribution >= 0.6 is 0 Å². The second kappa shape index (κ2) is 5.36. The molecule has 0 spiro atoms. The van der Waals surface area contributed by atoms with E-state index in [1.807, 2.05) is 6.92 Å². The Kier molecular flexibility index (Phi) is 3.61. The van der Waals surface area contributed by atoms with Gasteiger partial charge in [-0.1, -0.05) is 24.4 Å². The molecule has 3 rings (SSSR count). The normalized spacial score (nSPS) is 30.5. The van der Waals surface area contributed by atoms with Gasteiger partial charge in [0.05, 0.1) is 12.7 Å². The number of ether oxygens (including phenoxy) is 1. The highest BCUT2D eigenvalue weighted by Gasteiger charge is 2.30. The van der Waals surface area contributed by atoms with E-state index in [2.05, 4.69) is 15.5 Å². The number of nitrogens with one attached hydrogen (secondary N) is 1. The molecule has 2 atom stereocenters. The van der Waals surface area contributed by atoms with Gasteiger partial charge in [-0.3, -0.25) is 0 Å². The maximum atomic E-state index is 5.61. The van der Waals surface area contributed by atoms with E-state index in [-0.39, 0.29) is 12.1 Å². The molecule has 0 bridgehead atoms. The minimum Gasteiger partial charge on any atom is -0.375 e. The average molecular weight is 251 g/mol. The molecule has 1 saturated carbocycles. The van der Waals surface area contributed by atoms with E-state index < -0.39 is 0 Å². The molecule has 1 aliphatic carbocycles. The lowest BCUT2D eigenvalue weighted by atomic mass is 9.89. The van der Waals surface area contributed by atoms with Gasteiger partial charge in [-0.15, -0.1) is 0 Å². The van der Waals surface area contributed by atoms with Crippen molar-refractivity contribution < 1.29 is 9.26 Å². The summed E-state index contributed by atoms with van der Waals surface area (Å²) in [6.45, 7) is 3.64. The standard InChI is InChI=1S/C13H21N3O2/c1-9-11(14-7-8-17-9)13-15-12(16-18-13)10-5-3-2-4-6-10/h9-11,14H,2-8H2,1H3/t9-,11+/m1/s1. The lowest BCUT2D eigenvalue weighted by Crippen LogP contribution is -2.40. The molecular formula is C13H21N3O2. The van der Waals surface area contributed by atoms with Crippen LogP contribution in [0.3, 0.4) is 0 Å². The minimum absolute atomic E-state index is 0.0450. The minimum atomic E-state index is 0.0450. The molecule has 18 heavy (non-hydrogen) atoms. The number of morpholine rings is 1. The monoisotopic (exact) mass is 251 g/mol. The molecule has 5 heteroatoms. The van der Waals surface area contributed by atoms with Gasteiger partial charge in [0.25, 0.3) is 0 Å². The molecule has 0 radical (unpaired) electrons. The van der Waals surface area contributed by atoms with E-state index >= 15 is 0 Å². The Bertz CT molecular complexity index is 387. The highest BCUT2D eigenvalue weighted by atomic mass is 16.5. The van der Waals surface area contributed by atoms with E-state index in [9.17, 15) is 0 Å². The van der Waals surface area contributed by atoms with Gasteiger partial charge >= 0.3 is 0 Å². The van der Waals surface area contributed by atoms with Crippen molar-refractivity contribution in [2.45, 2.75) is 57.1 Å². The van der Waals surface area contributed by atoms with Gasteiger partial charge < -0.3 is 14.6 Å². The molecule has 1 N–H and O–H groups in total. The van der Waals surface area contributed by atoms with Crippen LogP contribution in [-0.2, 0) is 4.74 Å². The summed E-state index contributed by atoms with van der Waals surface area (Å²) in [7, 11) is 0. The summed E-state index contributed by atoms with van der Waals surface area (Å²) in [5, 5.41) is 7.55. The number of nitrogens with zero attached hydrogens (tertiary/aromatic N) is 2. The SMILES string of the molecule is C[C@H]1OCCN[C@@H]1c1nc(C2CCCCC2)no1. The van der Waals surface area contributed by atoms with Crippen LogP contribution in [0.2, 0.25) is 0 Å². The molecule has 1 aliphatic heterocycles. The van der Waals surface area contributed by atoms with Gasteiger partial charge in [-0.05, 0) is 19.8 Å². The third-order valence-electron chi connectivity index (χ3n) is 4.01. The maximum Gasteiger partial charge on any atom is 0.246 e. The van der Waals surface area contributed by atoms with Crippen molar-refractivity contribution >= 4 is 0 Å². The molecule has 0 unspecified atom stereocenters. The van der Waals surface area contributed by atoms with E-state index in [1.165, 1.54) is 32.1 Å². The van der Waals surface area contributed by atoms with Crippen LogP contribution in [0.15, 0.2) is 4.52 Å². The fourth-order valence-electron chi connectivity index (χ4n) is 2.91. The predicted molar refractivity (Wildman–Crippen MR) is 66.3 cm³/mol. The molecule has 100 valence electrons. The molecule has 5 nitrogen and oxygen atoms in total. The zero-order valence-electron chi connectivity index (χ0n) is 10.9. The summed E-state index contributed by atoms with van der Waals surface area (Å²) >= 11 is 0. The Labute approximate surface area is 107 Å². The highest BCUT2D eigenvalue weighted by molar-refractivity contribution is 5.01. The molecule has 0 aromatic carbocycles. The first kappa shape index (κ1) is 12.1. The Morgan fingerprint density at radius 1 is 1.22 bits per heavy atom. The molecule has 1 aromatic heterocycles. The van der Waals surface area contributed by atoms with Gasteiger partial charge in [0, 0.05) is 12.5 Å². The van der Waals surface area contributed by atoms with Crippen LogP contribution in [0, 0.1) is 0 Å². The van der Waals surface area contributed by atoms with E-state index in [4.69, 9.17) is 9.26 Å². The van der Waals surface area contributed by atoms with Crippen molar-refractivity contribution in [1.29, 1.82) is 0 Å². The van der Waals surface area contributed by atoms with Crippen LogP contribution in [-0.4, -0.2) is 29.4 Å². The fourth-order valence-corrected chi connectivity index (χ4v) is 2.91. The Hall–Kier alpha value is -0.940. The summed E-state index contributed by atoms with van der Waals surface area (Å²) in [6, 6.07) is 0.0450. The molecular weight excluding hydrogens is 230 g/mol. The lowest BCUT2D eigenvalue weighted by Gasteiger charge is -2.27. The van der Waals surface area contributed by atoms with Gasteiger partial charge in [-0.25, -0.2) is 0 Å². The summed E-state index contributed by atoms with van der Waals surface area (Å²) in [4.78, 5) is 4.59. The number of rotatable bonds is 2. The quantitative estimate of drug-likeness (QED) is 0.872. The van der Waals surface area contributed by atoms with E-state index in [0.29, 0.717) is 11.8 Å². The van der Waals surface area contributed by atoms with Gasteiger partial charge in [0.15, 0.2) is 5.82 Å². The first-order valence-corrected chi connectivity index (χ1v) is 7.03. The summed E-state index contributed by atoms with van der Waals surface area (Å²) in [5.74, 6) is 2.07. The number of hydrogen-bond acceptors (Lipinski definition) is 5. The summed E-state index contributed by atoms with van der Waals surface area (Å²) in [5.41, 5.74) is 0. The van der Waals surface area contributed by atoms with E-state index in [0.717, 1.165) is 19.0 Å². The molecule has 2 fully saturated rings. The van der Waals surface area contributed by atoms with Crippen molar-refractivity contribution in [2.75, 3.05) is 13.2 Å². The van der Waals surface area contributed by atoms with Crippen LogP contribution in [0.4, 0.5) is 0 Å². The van der Waals surface area contributed by atoms with Crippen molar-refractivity contribution in [2.24, 2.45) is 0 Å². The fraction of sp³-hybridized carbons (Fsp3) is 0.846. The average Bonchev–Trinajstić information content (AvgIpc) is 2.90. The highest BCUT2D eigenvalue weighted by Crippen LogP contribution is 2.31. The van der Waals surface area contributed by atoms with Crippen LogP contribution < -0.4 is 5.32 Å². The molecule has 1 saturated heterocycles. The molecule has 2 heterocycles. The smallest absolute Gasteiger partial charge is 0.246 e. The van der Waals surface area contributed by atoms with Gasteiger partial charge in [-0.2, -0.15) is 4.98 Å². The van der Waals surface area contributed by atoms with E-state index in [1.54, 1.807) is 0 Å². The first-order valence-electron chi connectivity index (χ1n) is 7.03. The number of hydrogen-bond donors (Lipinski definition) is 1. The van der Waals surface area contributed by atoms with Gasteiger partial charge in [0.1, 0.15) is 6.04 Å².